The van der Waals surface area contributed by atoms with E-state index in [9.17, 15) is 0 Å². The molecule has 1 aliphatic heterocycles. The second kappa shape index (κ2) is 8.30. The lowest BCUT2D eigenvalue weighted by molar-refractivity contribution is -1.02. The molecule has 2 aromatic rings. The molecule has 3 rings (SSSR count). The Labute approximate surface area is 144 Å². The van der Waals surface area contributed by atoms with Crippen LogP contribution in [0.1, 0.15) is 11.1 Å². The Kier molecular flexibility index (Phi) is 5.87. The van der Waals surface area contributed by atoms with Crippen molar-refractivity contribution in [1.29, 1.82) is 0 Å². The van der Waals surface area contributed by atoms with Crippen LogP contribution in [-0.4, -0.2) is 32.7 Å². The Hall–Kier alpha value is -1.61. The predicted octanol–water partition coefficient (Wildman–Crippen LogP) is 1.34. The summed E-state index contributed by atoms with van der Waals surface area (Å²) in [6.45, 7) is 7.08. The summed E-state index contributed by atoms with van der Waals surface area (Å²) < 4.78 is 0. The van der Waals surface area contributed by atoms with Crippen LogP contribution in [0.5, 0.6) is 0 Å². The molecule has 1 fully saturated rings. The molecule has 0 spiro atoms. The summed E-state index contributed by atoms with van der Waals surface area (Å²) >= 11 is 6.27. The number of hydrogen-bond acceptors (Lipinski definition) is 0. The van der Waals surface area contributed by atoms with E-state index in [-0.39, 0.29) is 0 Å². The Morgan fingerprint density at radius 1 is 0.826 bits per heavy atom. The zero-order valence-electron chi connectivity index (χ0n) is 13.5. The van der Waals surface area contributed by atoms with E-state index in [0.29, 0.717) is 0 Å². The third kappa shape index (κ3) is 4.93. The van der Waals surface area contributed by atoms with E-state index in [1.54, 1.807) is 9.80 Å². The summed E-state index contributed by atoms with van der Waals surface area (Å²) in [5.74, 6) is 0. The van der Waals surface area contributed by atoms with E-state index in [4.69, 9.17) is 11.6 Å². The molecule has 0 atom stereocenters. The summed E-state index contributed by atoms with van der Waals surface area (Å²) in [5, 5.41) is 0.903. The van der Waals surface area contributed by atoms with Gasteiger partial charge in [-0.2, -0.15) is 0 Å². The van der Waals surface area contributed by atoms with Gasteiger partial charge in [0.25, 0.3) is 0 Å². The van der Waals surface area contributed by atoms with Crippen LogP contribution in [0.4, 0.5) is 0 Å². The summed E-state index contributed by atoms with van der Waals surface area (Å²) in [4.78, 5) is 3.33. The maximum Gasteiger partial charge on any atom is 0.127 e. The number of halogens is 1. The van der Waals surface area contributed by atoms with Crippen molar-refractivity contribution in [2.24, 2.45) is 0 Å². The van der Waals surface area contributed by atoms with Crippen molar-refractivity contribution in [2.45, 2.75) is 6.54 Å². The largest absolute Gasteiger partial charge is 0.322 e. The van der Waals surface area contributed by atoms with Gasteiger partial charge in [-0.05, 0) is 17.7 Å². The average molecular weight is 329 g/mol. The standard InChI is InChI=1S/C20H23ClN2/c21-20-11-5-4-10-19(20)17-23-15-13-22(14-16-23)12-6-9-18-7-2-1-3-8-18/h1-11H,12-17H2/p+2/b9-6+. The molecule has 0 saturated carbocycles. The topological polar surface area (TPSA) is 8.88 Å². The normalized spacial score (nSPS) is 21.6. The highest BCUT2D eigenvalue weighted by atomic mass is 35.5. The van der Waals surface area contributed by atoms with Crippen molar-refractivity contribution in [2.75, 3.05) is 32.7 Å². The first kappa shape index (κ1) is 16.3. The van der Waals surface area contributed by atoms with Gasteiger partial charge in [-0.25, -0.2) is 0 Å². The number of benzene rings is 2. The highest BCUT2D eigenvalue weighted by Crippen LogP contribution is 2.13. The third-order valence-corrected chi connectivity index (χ3v) is 4.95. The minimum Gasteiger partial charge on any atom is -0.322 e. The van der Waals surface area contributed by atoms with Crippen molar-refractivity contribution in [3.8, 4) is 0 Å². The summed E-state index contributed by atoms with van der Waals surface area (Å²) in [6.07, 6.45) is 4.54. The summed E-state index contributed by atoms with van der Waals surface area (Å²) in [7, 11) is 0. The van der Waals surface area contributed by atoms with E-state index in [1.165, 1.54) is 37.3 Å². The van der Waals surface area contributed by atoms with Gasteiger partial charge in [0.15, 0.2) is 0 Å². The van der Waals surface area contributed by atoms with Gasteiger partial charge < -0.3 is 9.80 Å². The molecule has 2 N–H and O–H groups in total. The van der Waals surface area contributed by atoms with Crippen molar-refractivity contribution in [3.05, 3.63) is 76.8 Å². The van der Waals surface area contributed by atoms with Gasteiger partial charge in [-0.3, -0.25) is 0 Å². The Bertz CT molecular complexity index is 631. The van der Waals surface area contributed by atoms with Crippen molar-refractivity contribution < 1.29 is 9.80 Å². The maximum absolute atomic E-state index is 6.27. The highest BCUT2D eigenvalue weighted by molar-refractivity contribution is 6.31. The first-order valence-corrected chi connectivity index (χ1v) is 8.81. The number of nitrogens with one attached hydrogen (secondary N) is 2. The zero-order chi connectivity index (χ0) is 15.9. The molecule has 0 unspecified atom stereocenters. The third-order valence-electron chi connectivity index (χ3n) is 4.58. The van der Waals surface area contributed by atoms with Gasteiger partial charge in [-0.1, -0.05) is 66.2 Å². The molecule has 0 radical (unpaired) electrons. The number of piperazine rings is 1. The molecule has 120 valence electrons. The van der Waals surface area contributed by atoms with Crippen LogP contribution >= 0.6 is 11.6 Å². The Morgan fingerprint density at radius 3 is 2.22 bits per heavy atom. The zero-order valence-corrected chi connectivity index (χ0v) is 14.2. The lowest BCUT2D eigenvalue weighted by Crippen LogP contribution is -3.27. The fourth-order valence-corrected chi connectivity index (χ4v) is 3.38. The molecule has 2 nitrogen and oxygen atoms in total. The lowest BCUT2D eigenvalue weighted by atomic mass is 10.2. The van der Waals surface area contributed by atoms with E-state index < -0.39 is 0 Å². The van der Waals surface area contributed by atoms with Crippen molar-refractivity contribution >= 4 is 17.7 Å². The second-order valence-corrected chi connectivity index (χ2v) is 6.69. The summed E-state index contributed by atoms with van der Waals surface area (Å²) in [5.41, 5.74) is 2.56. The van der Waals surface area contributed by atoms with Crippen LogP contribution in [0, 0.1) is 0 Å². The molecule has 0 amide bonds. The first-order valence-electron chi connectivity index (χ1n) is 8.43. The Morgan fingerprint density at radius 2 is 1.48 bits per heavy atom. The fraction of sp³-hybridized carbons (Fsp3) is 0.300. The van der Waals surface area contributed by atoms with Gasteiger partial charge in [0.05, 0.1) is 6.54 Å². The van der Waals surface area contributed by atoms with Gasteiger partial charge in [0.1, 0.15) is 32.7 Å². The quantitative estimate of drug-likeness (QED) is 0.819. The van der Waals surface area contributed by atoms with Gasteiger partial charge in [0.2, 0.25) is 0 Å². The minimum atomic E-state index is 0.903. The van der Waals surface area contributed by atoms with Crippen LogP contribution in [0.2, 0.25) is 5.02 Å². The first-order chi connectivity index (χ1) is 11.3. The van der Waals surface area contributed by atoms with E-state index in [1.807, 2.05) is 12.1 Å². The number of quaternary nitrogens is 2. The van der Waals surface area contributed by atoms with Crippen LogP contribution in [0.3, 0.4) is 0 Å². The summed E-state index contributed by atoms with van der Waals surface area (Å²) in [6, 6.07) is 18.8. The number of hydrogen-bond donors (Lipinski definition) is 2. The molecule has 1 heterocycles. The molecular weight excluding hydrogens is 304 g/mol. The molecular formula is C20H25ClN2+2. The molecule has 0 aromatic heterocycles. The minimum absolute atomic E-state index is 0.903. The van der Waals surface area contributed by atoms with Crippen molar-refractivity contribution in [3.63, 3.8) is 0 Å². The van der Waals surface area contributed by atoms with Gasteiger partial charge >= 0.3 is 0 Å². The highest BCUT2D eigenvalue weighted by Gasteiger charge is 2.22. The van der Waals surface area contributed by atoms with E-state index >= 15 is 0 Å². The van der Waals surface area contributed by atoms with Crippen molar-refractivity contribution in [1.82, 2.24) is 0 Å². The van der Waals surface area contributed by atoms with Crippen LogP contribution in [-0.2, 0) is 6.54 Å². The molecule has 3 heteroatoms. The maximum atomic E-state index is 6.27. The van der Waals surface area contributed by atoms with E-state index in [2.05, 4.69) is 54.6 Å². The van der Waals surface area contributed by atoms with Gasteiger partial charge in [0, 0.05) is 10.6 Å². The van der Waals surface area contributed by atoms with E-state index in [0.717, 1.165) is 18.1 Å². The number of rotatable bonds is 5. The molecule has 23 heavy (non-hydrogen) atoms. The molecule has 2 aromatic carbocycles. The van der Waals surface area contributed by atoms with Gasteiger partial charge in [-0.15, -0.1) is 0 Å². The molecule has 0 aliphatic carbocycles. The monoisotopic (exact) mass is 328 g/mol. The smallest absolute Gasteiger partial charge is 0.127 e. The fourth-order valence-electron chi connectivity index (χ4n) is 3.17. The van der Waals surface area contributed by atoms with Crippen LogP contribution in [0.15, 0.2) is 60.7 Å². The van der Waals surface area contributed by atoms with Crippen LogP contribution in [0.25, 0.3) is 6.08 Å². The van der Waals surface area contributed by atoms with Crippen LogP contribution < -0.4 is 9.80 Å². The SMILES string of the molecule is Clc1ccccc1C[NH+]1CC[NH+](C/C=C/c2ccccc2)CC1. The second-order valence-electron chi connectivity index (χ2n) is 6.29. The Balaban J connectivity index is 1.44. The lowest BCUT2D eigenvalue weighted by Gasteiger charge is -2.29. The predicted molar refractivity (Wildman–Crippen MR) is 96.9 cm³/mol. The molecule has 1 saturated heterocycles. The molecule has 0 bridgehead atoms. The molecule has 1 aliphatic rings. The average Bonchev–Trinajstić information content (AvgIpc) is 2.59.